The number of alkyl halides is 3. The van der Waals surface area contributed by atoms with E-state index in [1.807, 2.05) is 6.92 Å². The first-order valence-electron chi connectivity index (χ1n) is 9.99. The van der Waals surface area contributed by atoms with Gasteiger partial charge in [-0.15, -0.1) is 0 Å². The number of aromatic nitrogens is 4. The molecule has 0 radical (unpaired) electrons. The highest BCUT2D eigenvalue weighted by Gasteiger charge is 2.42. The normalized spacial score (nSPS) is 12.6. The molecule has 9 nitrogen and oxygen atoms in total. The van der Waals surface area contributed by atoms with Gasteiger partial charge in [0.25, 0.3) is 0 Å². The largest absolute Gasteiger partial charge is 0.496 e. The van der Waals surface area contributed by atoms with Crippen molar-refractivity contribution in [2.24, 2.45) is 0 Å². The van der Waals surface area contributed by atoms with Crippen LogP contribution in [-0.4, -0.2) is 45.0 Å². The molecule has 0 saturated carbocycles. The van der Waals surface area contributed by atoms with Gasteiger partial charge in [-0.25, -0.2) is 19.4 Å². The van der Waals surface area contributed by atoms with Crippen molar-refractivity contribution in [1.82, 2.24) is 19.7 Å². The minimum absolute atomic E-state index is 0.0761. The first-order chi connectivity index (χ1) is 15.9. The number of hydrogen-bond donors (Lipinski definition) is 1. The molecule has 3 rings (SSSR count). The highest BCUT2D eigenvalue weighted by atomic mass is 35.5. The number of nitrogens with two attached hydrogens (primary N) is 1. The fourth-order valence-corrected chi connectivity index (χ4v) is 3.89. The summed E-state index contributed by atoms with van der Waals surface area (Å²) >= 11 is 6.44. The molecule has 182 valence electrons. The van der Waals surface area contributed by atoms with Crippen molar-refractivity contribution < 1.29 is 32.2 Å². The molecule has 2 N–H and O–H groups in total. The lowest BCUT2D eigenvalue weighted by Crippen LogP contribution is -2.28. The summed E-state index contributed by atoms with van der Waals surface area (Å²) in [5.41, 5.74) is 8.73. The zero-order valence-corrected chi connectivity index (χ0v) is 19.4. The maximum atomic E-state index is 12.4. The monoisotopic (exact) mass is 499 g/mol. The van der Waals surface area contributed by atoms with Crippen LogP contribution in [0.1, 0.15) is 41.8 Å². The summed E-state index contributed by atoms with van der Waals surface area (Å²) in [6.07, 6.45) is -4.52. The van der Waals surface area contributed by atoms with E-state index in [-0.39, 0.29) is 12.2 Å². The van der Waals surface area contributed by atoms with Crippen molar-refractivity contribution in [3.8, 4) is 5.75 Å². The average Bonchev–Trinajstić information content (AvgIpc) is 3.10. The number of rotatable bonds is 6. The molecule has 0 bridgehead atoms. The standard InChI is InChI=1S/C21H21ClF3N5O4/c1-9-12(5-6-15(31)34-20(32)21(23,24)25)17(33-4)13(7-14(9)22)11(3)30-19-16(10(2)29-30)18(26)27-8-28-19/h7-8,11H,5-6H2,1-4H3,(H2,26,27,28). The van der Waals surface area contributed by atoms with Crippen LogP contribution < -0.4 is 10.5 Å². The molecule has 1 aromatic carbocycles. The summed E-state index contributed by atoms with van der Waals surface area (Å²) in [7, 11) is 1.42. The van der Waals surface area contributed by atoms with Crippen LogP contribution >= 0.6 is 11.6 Å². The number of halogens is 4. The van der Waals surface area contributed by atoms with Crippen molar-refractivity contribution in [3.05, 3.63) is 39.8 Å². The summed E-state index contributed by atoms with van der Waals surface area (Å²) in [6.45, 7) is 5.28. The number of benzene rings is 1. The lowest BCUT2D eigenvalue weighted by molar-refractivity contribution is -0.201. The first-order valence-corrected chi connectivity index (χ1v) is 10.4. The number of nitrogens with zero attached hydrogens (tertiary/aromatic N) is 4. The minimum Gasteiger partial charge on any atom is -0.496 e. The van der Waals surface area contributed by atoms with Gasteiger partial charge in [0.05, 0.1) is 30.7 Å². The van der Waals surface area contributed by atoms with Crippen LogP contribution in [0.5, 0.6) is 5.75 Å². The van der Waals surface area contributed by atoms with Crippen LogP contribution in [0.25, 0.3) is 11.0 Å². The summed E-state index contributed by atoms with van der Waals surface area (Å²) in [6, 6.07) is 1.22. The smallest absolute Gasteiger partial charge is 0.491 e. The van der Waals surface area contributed by atoms with Gasteiger partial charge in [0.1, 0.15) is 17.9 Å². The zero-order valence-electron chi connectivity index (χ0n) is 18.7. The molecule has 0 aliphatic heterocycles. The molecule has 0 aliphatic rings. The predicted octanol–water partition coefficient (Wildman–Crippen LogP) is 3.86. The Morgan fingerprint density at radius 1 is 1.26 bits per heavy atom. The van der Waals surface area contributed by atoms with Gasteiger partial charge < -0.3 is 15.2 Å². The van der Waals surface area contributed by atoms with E-state index >= 15 is 0 Å². The average molecular weight is 500 g/mol. The third kappa shape index (κ3) is 4.76. The zero-order chi connectivity index (χ0) is 25.4. The lowest BCUT2D eigenvalue weighted by atomic mass is 9.95. The van der Waals surface area contributed by atoms with Crippen molar-refractivity contribution in [1.29, 1.82) is 0 Å². The van der Waals surface area contributed by atoms with E-state index in [9.17, 15) is 22.8 Å². The van der Waals surface area contributed by atoms with Gasteiger partial charge in [-0.2, -0.15) is 18.3 Å². The topological polar surface area (TPSA) is 122 Å². The number of carbonyl (C=O) groups is 2. The van der Waals surface area contributed by atoms with E-state index in [1.165, 1.54) is 13.4 Å². The van der Waals surface area contributed by atoms with Crippen LogP contribution in [0.15, 0.2) is 12.4 Å². The summed E-state index contributed by atoms with van der Waals surface area (Å²) < 4.78 is 48.2. The molecule has 0 amide bonds. The SMILES string of the molecule is COc1c(C(C)n2nc(C)c3c(N)ncnc32)cc(Cl)c(C)c1CCC(=O)OC(=O)C(F)(F)F. The van der Waals surface area contributed by atoms with Crippen LogP contribution in [0, 0.1) is 13.8 Å². The van der Waals surface area contributed by atoms with E-state index in [2.05, 4.69) is 19.8 Å². The number of anilines is 1. The van der Waals surface area contributed by atoms with Crippen LogP contribution in [0.3, 0.4) is 0 Å². The highest BCUT2D eigenvalue weighted by Crippen LogP contribution is 2.39. The Kier molecular flexibility index (Phi) is 7.01. The minimum atomic E-state index is -5.26. The van der Waals surface area contributed by atoms with E-state index in [1.54, 1.807) is 24.6 Å². The fraction of sp³-hybridized carbons (Fsp3) is 0.381. The van der Waals surface area contributed by atoms with Crippen molar-refractivity contribution >= 4 is 40.4 Å². The second kappa shape index (κ2) is 9.45. The maximum absolute atomic E-state index is 12.4. The Hall–Kier alpha value is -3.41. The van der Waals surface area contributed by atoms with Gasteiger partial charge in [-0.3, -0.25) is 4.79 Å². The molecule has 0 aliphatic carbocycles. The van der Waals surface area contributed by atoms with Gasteiger partial charge in [0.2, 0.25) is 0 Å². The Balaban J connectivity index is 1.99. The Morgan fingerprint density at radius 3 is 2.56 bits per heavy atom. The maximum Gasteiger partial charge on any atom is 0.491 e. The predicted molar refractivity (Wildman–Crippen MR) is 117 cm³/mol. The first kappa shape index (κ1) is 25.2. The van der Waals surface area contributed by atoms with Crippen molar-refractivity contribution in [2.45, 2.75) is 45.8 Å². The number of fused-ring (bicyclic) bond motifs is 1. The summed E-state index contributed by atoms with van der Waals surface area (Å²) in [4.78, 5) is 31.0. The van der Waals surface area contributed by atoms with Gasteiger partial charge in [0, 0.05) is 10.6 Å². The molecule has 34 heavy (non-hydrogen) atoms. The van der Waals surface area contributed by atoms with Crippen LogP contribution in [0.2, 0.25) is 5.02 Å². The number of esters is 2. The number of ether oxygens (including phenoxy) is 2. The number of methoxy groups -OCH3 is 1. The molecule has 1 atom stereocenters. The molecule has 3 aromatic rings. The number of hydrogen-bond acceptors (Lipinski definition) is 8. The molecule has 1 unspecified atom stereocenters. The molecular weight excluding hydrogens is 479 g/mol. The van der Waals surface area contributed by atoms with Crippen LogP contribution in [-0.2, 0) is 20.7 Å². The second-order valence-corrected chi connectivity index (χ2v) is 7.91. The van der Waals surface area contributed by atoms with E-state index in [0.717, 1.165) is 0 Å². The molecule has 2 heterocycles. The van der Waals surface area contributed by atoms with E-state index in [4.69, 9.17) is 22.1 Å². The summed E-state index contributed by atoms with van der Waals surface area (Å²) in [5, 5.41) is 5.48. The Bertz CT molecular complexity index is 1280. The van der Waals surface area contributed by atoms with Crippen molar-refractivity contribution in [3.63, 3.8) is 0 Å². The third-order valence-electron chi connectivity index (χ3n) is 5.36. The van der Waals surface area contributed by atoms with Gasteiger partial charge >= 0.3 is 18.1 Å². The lowest BCUT2D eigenvalue weighted by Gasteiger charge is -2.22. The number of nitrogen functional groups attached to an aromatic ring is 1. The summed E-state index contributed by atoms with van der Waals surface area (Å²) in [5.74, 6) is -3.24. The quantitative estimate of drug-likeness (QED) is 0.400. The van der Waals surface area contributed by atoms with E-state index < -0.39 is 30.6 Å². The van der Waals surface area contributed by atoms with Gasteiger partial charge in [0.15, 0.2) is 5.65 Å². The number of carbonyl (C=O) groups excluding carboxylic acids is 2. The highest BCUT2D eigenvalue weighted by molar-refractivity contribution is 6.31. The Morgan fingerprint density at radius 2 is 1.94 bits per heavy atom. The number of aryl methyl sites for hydroxylation is 1. The second-order valence-electron chi connectivity index (χ2n) is 7.51. The third-order valence-corrected chi connectivity index (χ3v) is 5.75. The van der Waals surface area contributed by atoms with Crippen LogP contribution in [0.4, 0.5) is 19.0 Å². The molecular formula is C21H21ClF3N5O4. The molecule has 13 heteroatoms. The molecule has 0 spiro atoms. The molecule has 0 saturated heterocycles. The molecule has 0 fully saturated rings. The van der Waals surface area contributed by atoms with Gasteiger partial charge in [-0.05, 0) is 44.4 Å². The van der Waals surface area contributed by atoms with E-state index in [0.29, 0.717) is 44.2 Å². The Labute approximate surface area is 197 Å². The van der Waals surface area contributed by atoms with Crippen molar-refractivity contribution in [2.75, 3.05) is 12.8 Å². The molecule has 2 aromatic heterocycles. The fourth-order valence-electron chi connectivity index (χ4n) is 3.66. The van der Waals surface area contributed by atoms with Gasteiger partial charge in [-0.1, -0.05) is 11.6 Å².